The standard InChI is InChI=1S/C8H8O.C3H9P.2ClH.Mo.O/c1-7-5-3-4-6-8(7)9-2;1-4(2)3;;;;/h1,3-6H,2H3;1-3H3;2*1H;;/p+1. The first kappa shape index (κ1) is 22.6. The summed E-state index contributed by atoms with van der Waals surface area (Å²) in [6.45, 7) is 6.81. The summed E-state index contributed by atoms with van der Waals surface area (Å²) in [5.41, 5.74) is 0.924. The van der Waals surface area contributed by atoms with Crippen molar-refractivity contribution in [3.05, 3.63) is 29.8 Å². The largest absolute Gasteiger partial charge is 0.147 e. The molecule has 1 aromatic carbocycles. The van der Waals surface area contributed by atoms with E-state index in [4.69, 9.17) is 4.74 Å². The number of ether oxygens (including phenoxy) is 1. The second kappa shape index (κ2) is 14.4. The van der Waals surface area contributed by atoms with E-state index in [0.29, 0.717) is 0 Å². The van der Waals surface area contributed by atoms with Crippen molar-refractivity contribution >= 4 is 37.1 Å². The molecule has 1 aromatic rings. The zero-order valence-corrected chi connectivity index (χ0v) is 15.1. The minimum atomic E-state index is -1.20. The normalized spacial score (nSPS) is 7.82. The average molecular weight is 382 g/mol. The van der Waals surface area contributed by atoms with Crippen LogP contribution in [0.2, 0.25) is 0 Å². The zero-order chi connectivity index (χ0) is 11.7. The summed E-state index contributed by atoms with van der Waals surface area (Å²) >= 11 is -1.20. The molecule has 0 aliphatic heterocycles. The number of hydrogen-bond donors (Lipinski definition) is 0. The number of rotatable bonds is 2. The van der Waals surface area contributed by atoms with Gasteiger partial charge >= 0.3 is 73.3 Å². The first-order valence-corrected chi connectivity index (χ1v) is 9.61. The quantitative estimate of drug-likeness (QED) is 0.580. The Kier molecular flexibility index (Phi) is 19.2. The Hall–Kier alpha value is 0.388. The summed E-state index contributed by atoms with van der Waals surface area (Å²) < 4.78 is 17.2. The molecule has 0 aliphatic carbocycles. The van der Waals surface area contributed by atoms with Crippen molar-refractivity contribution in [3.8, 4) is 5.75 Å². The van der Waals surface area contributed by atoms with Crippen LogP contribution in [0.15, 0.2) is 24.3 Å². The van der Waals surface area contributed by atoms with Crippen LogP contribution in [-0.4, -0.2) is 31.5 Å². The Labute approximate surface area is 125 Å². The molecule has 0 unspecified atom stereocenters. The van der Waals surface area contributed by atoms with Gasteiger partial charge in [-0.05, 0) is 7.92 Å². The van der Waals surface area contributed by atoms with Gasteiger partial charge in [0, 0.05) is 20.0 Å². The van der Waals surface area contributed by atoms with Crippen molar-refractivity contribution in [2.24, 2.45) is 0 Å². The minimum Gasteiger partial charge on any atom is -0.147 e. The van der Waals surface area contributed by atoms with Crippen LogP contribution < -0.4 is 4.74 Å². The van der Waals surface area contributed by atoms with E-state index >= 15 is 0 Å². The molecule has 0 bridgehead atoms. The summed E-state index contributed by atoms with van der Waals surface area (Å²) in [6.07, 6.45) is 0. The Morgan fingerprint density at radius 3 is 2.06 bits per heavy atom. The number of para-hydroxylation sites is 1. The predicted molar refractivity (Wildman–Crippen MR) is 79.4 cm³/mol. The van der Waals surface area contributed by atoms with Crippen molar-refractivity contribution in [1.82, 2.24) is 0 Å². The van der Waals surface area contributed by atoms with Crippen LogP contribution in [0.25, 0.3) is 0 Å². The van der Waals surface area contributed by atoms with Gasteiger partial charge in [-0.3, -0.25) is 0 Å². The molecule has 6 heteroatoms. The van der Waals surface area contributed by atoms with Crippen molar-refractivity contribution in [1.29, 1.82) is 0 Å². The van der Waals surface area contributed by atoms with Gasteiger partial charge < -0.3 is 0 Å². The fourth-order valence-electron chi connectivity index (χ4n) is 0.816. The van der Waals surface area contributed by atoms with Crippen molar-refractivity contribution in [2.75, 3.05) is 27.1 Å². The number of hydrogen-bond acceptors (Lipinski definition) is 2. The molecule has 1 rings (SSSR count). The molecule has 0 saturated carbocycles. The molecule has 17 heavy (non-hydrogen) atoms. The molecule has 2 nitrogen and oxygen atoms in total. The second-order valence-corrected chi connectivity index (χ2v) is 7.51. The summed E-state index contributed by atoms with van der Waals surface area (Å²) in [4.78, 5) is 0. The van der Waals surface area contributed by atoms with Gasteiger partial charge in [-0.25, -0.2) is 0 Å². The van der Waals surface area contributed by atoms with Gasteiger partial charge in [0.15, 0.2) is 0 Å². The summed E-state index contributed by atoms with van der Waals surface area (Å²) in [7, 11) is 1.73. The fourth-order valence-corrected chi connectivity index (χ4v) is 1.55. The average Bonchev–Trinajstić information content (AvgIpc) is 2.18. The number of benzene rings is 1. The van der Waals surface area contributed by atoms with E-state index in [0.717, 1.165) is 11.3 Å². The van der Waals surface area contributed by atoms with E-state index in [1.165, 1.54) is 0 Å². The van der Waals surface area contributed by atoms with Gasteiger partial charge in [0.25, 0.3) is 0 Å². The molecule has 0 saturated heterocycles. The first-order chi connectivity index (χ1) is 7.11. The third kappa shape index (κ3) is 12.6. The predicted octanol–water partition coefficient (Wildman–Crippen LogP) is 3.21. The maximum absolute atomic E-state index is 10.4. The molecule has 0 heterocycles. The van der Waals surface area contributed by atoms with Gasteiger partial charge in [-0.1, -0.05) is 0 Å². The van der Waals surface area contributed by atoms with Crippen LogP contribution in [0.1, 0.15) is 5.56 Å². The van der Waals surface area contributed by atoms with Crippen LogP contribution in [0, 0.1) is 0 Å². The van der Waals surface area contributed by atoms with E-state index in [2.05, 4.69) is 20.0 Å². The summed E-state index contributed by atoms with van der Waals surface area (Å²) in [5.74, 6) is 0.786. The Morgan fingerprint density at radius 1 is 1.18 bits per heavy atom. The third-order valence-corrected chi connectivity index (χ3v) is 2.17. The molecule has 0 spiro atoms. The van der Waals surface area contributed by atoms with Gasteiger partial charge in [0.05, 0.1) is 0 Å². The number of methoxy groups -OCH3 is 1. The monoisotopic (exact) mass is 383 g/mol. The van der Waals surface area contributed by atoms with Crippen LogP contribution in [0.5, 0.6) is 5.75 Å². The topological polar surface area (TPSA) is 26.3 Å². The molecular formula is C11H20Cl2MoO2P+. The van der Waals surface area contributed by atoms with Crippen molar-refractivity contribution < 1.29 is 26.2 Å². The van der Waals surface area contributed by atoms with E-state index in [-0.39, 0.29) is 32.7 Å². The minimum absolute atomic E-state index is 0. The summed E-state index contributed by atoms with van der Waals surface area (Å²) in [6, 6.07) is 7.54. The molecule has 0 radical (unpaired) electrons. The maximum Gasteiger partial charge on any atom is 0.0461 e. The second-order valence-electron chi connectivity index (χ2n) is 3.46. The van der Waals surface area contributed by atoms with Gasteiger partial charge in [-0.15, -0.1) is 24.8 Å². The third-order valence-electron chi connectivity index (χ3n) is 1.31. The SMILES string of the molecule is COc1ccccc1[CH]=[Mo]=[O].C[PH+](C)C.Cl.Cl. The van der Waals surface area contributed by atoms with E-state index in [1.807, 2.05) is 24.3 Å². The Bertz CT molecular complexity index is 339. The van der Waals surface area contributed by atoms with E-state index in [1.54, 1.807) is 11.5 Å². The zero-order valence-electron chi connectivity index (χ0n) is 10.4. The molecule has 0 aliphatic rings. The van der Waals surface area contributed by atoms with Gasteiger partial charge in [0.1, 0.15) is 0 Å². The molecule has 0 fully saturated rings. The Balaban J connectivity index is -0.000000289. The van der Waals surface area contributed by atoms with Crippen LogP contribution >= 0.6 is 32.7 Å². The van der Waals surface area contributed by atoms with Gasteiger partial charge in [0.2, 0.25) is 0 Å². The van der Waals surface area contributed by atoms with Crippen LogP contribution in [-0.2, 0) is 21.5 Å². The molecule has 100 valence electrons. The Morgan fingerprint density at radius 2 is 1.65 bits per heavy atom. The molecule has 0 aromatic heterocycles. The van der Waals surface area contributed by atoms with E-state index < -0.39 is 18.1 Å². The molecule has 0 N–H and O–H groups in total. The number of halogens is 2. The maximum atomic E-state index is 10.4. The smallest absolute Gasteiger partial charge is 0.0461 e. The fraction of sp³-hybridized carbons (Fsp3) is 0.364. The van der Waals surface area contributed by atoms with Crippen LogP contribution in [0.3, 0.4) is 0 Å². The molecule has 0 atom stereocenters. The van der Waals surface area contributed by atoms with Gasteiger partial charge in [-0.2, -0.15) is 0 Å². The van der Waals surface area contributed by atoms with E-state index in [9.17, 15) is 3.40 Å². The van der Waals surface area contributed by atoms with Crippen molar-refractivity contribution in [3.63, 3.8) is 0 Å². The first-order valence-electron chi connectivity index (χ1n) is 4.63. The molecular weight excluding hydrogens is 362 g/mol. The van der Waals surface area contributed by atoms with Crippen LogP contribution in [0.4, 0.5) is 0 Å². The van der Waals surface area contributed by atoms with Crippen molar-refractivity contribution in [2.45, 2.75) is 0 Å². The summed E-state index contributed by atoms with van der Waals surface area (Å²) in [5, 5.41) is 0. The molecule has 0 amide bonds.